The highest BCUT2D eigenvalue weighted by atomic mass is 19.1. The van der Waals surface area contributed by atoms with Gasteiger partial charge in [-0.05, 0) is 26.9 Å². The number of carbonyl (C=O) groups is 1. The molecule has 6 nitrogen and oxygen atoms in total. The van der Waals surface area contributed by atoms with E-state index >= 15 is 0 Å². The standard InChI is InChI=1S/C15H25FN4O2/c1-18(2)12-3-7-19(8-4-12)14(22)11-13(21)15-17-6-10-20(15)9-5-16/h6,10,12-13,21H,3-5,7-9,11H2,1-2H3. The lowest BCUT2D eigenvalue weighted by Gasteiger charge is -2.35. The smallest absolute Gasteiger partial charge is 0.225 e. The van der Waals surface area contributed by atoms with Crippen molar-refractivity contribution in [3.05, 3.63) is 18.2 Å². The lowest BCUT2D eigenvalue weighted by atomic mass is 10.0. The monoisotopic (exact) mass is 312 g/mol. The second-order valence-electron chi connectivity index (χ2n) is 5.96. The molecule has 22 heavy (non-hydrogen) atoms. The van der Waals surface area contributed by atoms with Gasteiger partial charge in [0, 0.05) is 31.5 Å². The Hall–Kier alpha value is -1.47. The minimum atomic E-state index is -0.986. The highest BCUT2D eigenvalue weighted by molar-refractivity contribution is 5.76. The van der Waals surface area contributed by atoms with Gasteiger partial charge in [0.05, 0.1) is 13.0 Å². The molecule has 1 N–H and O–H groups in total. The van der Waals surface area contributed by atoms with E-state index in [1.807, 2.05) is 0 Å². The number of hydrogen-bond donors (Lipinski definition) is 1. The summed E-state index contributed by atoms with van der Waals surface area (Å²) in [6, 6.07) is 0.512. The number of piperidine rings is 1. The Morgan fingerprint density at radius 1 is 1.50 bits per heavy atom. The lowest BCUT2D eigenvalue weighted by Crippen LogP contribution is -2.44. The van der Waals surface area contributed by atoms with E-state index in [4.69, 9.17) is 0 Å². The van der Waals surface area contributed by atoms with Gasteiger partial charge in [-0.15, -0.1) is 0 Å². The molecule has 1 unspecified atom stereocenters. The summed E-state index contributed by atoms with van der Waals surface area (Å²) in [5.41, 5.74) is 0. The third kappa shape index (κ3) is 4.04. The van der Waals surface area contributed by atoms with Gasteiger partial charge in [0.2, 0.25) is 5.91 Å². The Bertz CT molecular complexity index is 484. The van der Waals surface area contributed by atoms with E-state index in [-0.39, 0.29) is 18.9 Å². The summed E-state index contributed by atoms with van der Waals surface area (Å²) in [5.74, 6) is 0.286. The molecule has 1 saturated heterocycles. The molecule has 1 amide bonds. The molecule has 0 bridgehead atoms. The van der Waals surface area contributed by atoms with E-state index in [1.54, 1.807) is 15.7 Å². The minimum absolute atomic E-state index is 0.00404. The topological polar surface area (TPSA) is 61.6 Å². The number of rotatable bonds is 6. The molecule has 1 atom stereocenters. The maximum Gasteiger partial charge on any atom is 0.225 e. The molecule has 124 valence electrons. The highest BCUT2D eigenvalue weighted by Gasteiger charge is 2.26. The van der Waals surface area contributed by atoms with Crippen LogP contribution in [0.2, 0.25) is 0 Å². The minimum Gasteiger partial charge on any atom is -0.385 e. The fourth-order valence-corrected chi connectivity index (χ4v) is 2.92. The number of hydrogen-bond acceptors (Lipinski definition) is 4. The number of aryl methyl sites for hydroxylation is 1. The van der Waals surface area contributed by atoms with Crippen molar-refractivity contribution in [1.29, 1.82) is 0 Å². The van der Waals surface area contributed by atoms with E-state index in [2.05, 4.69) is 24.0 Å². The van der Waals surface area contributed by atoms with Crippen LogP contribution in [0.3, 0.4) is 0 Å². The molecule has 1 fully saturated rings. The number of carbonyl (C=O) groups excluding carboxylic acids is 1. The van der Waals surface area contributed by atoms with Crippen LogP contribution >= 0.6 is 0 Å². The Morgan fingerprint density at radius 2 is 2.18 bits per heavy atom. The normalized spacial score (nSPS) is 18.0. The van der Waals surface area contributed by atoms with E-state index in [0.717, 1.165) is 12.8 Å². The first-order chi connectivity index (χ1) is 10.5. The maximum atomic E-state index is 12.4. The first-order valence-corrected chi connectivity index (χ1v) is 7.72. The maximum absolute atomic E-state index is 12.4. The third-order valence-corrected chi connectivity index (χ3v) is 4.29. The molecule has 0 saturated carbocycles. The molecular formula is C15H25FN4O2. The average Bonchev–Trinajstić information content (AvgIpc) is 2.96. The number of aliphatic hydroxyl groups is 1. The van der Waals surface area contributed by atoms with Gasteiger partial charge in [0.25, 0.3) is 0 Å². The van der Waals surface area contributed by atoms with Crippen molar-refractivity contribution in [1.82, 2.24) is 19.4 Å². The van der Waals surface area contributed by atoms with Gasteiger partial charge >= 0.3 is 0 Å². The Kier molecular flexibility index (Phi) is 5.90. The van der Waals surface area contributed by atoms with Crippen molar-refractivity contribution >= 4 is 5.91 Å². The van der Waals surface area contributed by atoms with Gasteiger partial charge in [-0.1, -0.05) is 0 Å². The second-order valence-corrected chi connectivity index (χ2v) is 5.96. The van der Waals surface area contributed by atoms with Crippen LogP contribution in [0.15, 0.2) is 12.4 Å². The van der Waals surface area contributed by atoms with Gasteiger partial charge in [-0.3, -0.25) is 4.79 Å². The summed E-state index contributed by atoms with van der Waals surface area (Å²) in [6.45, 7) is 1.05. The van der Waals surface area contributed by atoms with Crippen molar-refractivity contribution in [2.75, 3.05) is 33.9 Å². The largest absolute Gasteiger partial charge is 0.385 e. The fourth-order valence-electron chi connectivity index (χ4n) is 2.92. The highest BCUT2D eigenvalue weighted by Crippen LogP contribution is 2.19. The first kappa shape index (κ1) is 16.9. The molecule has 2 heterocycles. The van der Waals surface area contributed by atoms with Crippen molar-refractivity contribution in [2.24, 2.45) is 0 Å². The van der Waals surface area contributed by atoms with Crippen LogP contribution in [0.1, 0.15) is 31.2 Å². The quantitative estimate of drug-likeness (QED) is 0.845. The van der Waals surface area contributed by atoms with Gasteiger partial charge in [-0.2, -0.15) is 0 Å². The van der Waals surface area contributed by atoms with E-state index < -0.39 is 12.8 Å². The lowest BCUT2D eigenvalue weighted by molar-refractivity contribution is -0.135. The van der Waals surface area contributed by atoms with Crippen molar-refractivity contribution in [3.63, 3.8) is 0 Å². The van der Waals surface area contributed by atoms with Crippen molar-refractivity contribution in [2.45, 2.75) is 38.0 Å². The summed E-state index contributed by atoms with van der Waals surface area (Å²) < 4.78 is 14.0. The zero-order valence-electron chi connectivity index (χ0n) is 13.3. The Labute approximate surface area is 130 Å². The number of amides is 1. The second kappa shape index (κ2) is 7.69. The number of alkyl halides is 1. The van der Waals surface area contributed by atoms with Crippen LogP contribution in [0.25, 0.3) is 0 Å². The molecule has 1 aromatic heterocycles. The van der Waals surface area contributed by atoms with E-state index in [0.29, 0.717) is 25.0 Å². The molecule has 1 aromatic rings. The zero-order valence-corrected chi connectivity index (χ0v) is 13.3. The van der Waals surface area contributed by atoms with Crippen LogP contribution in [-0.2, 0) is 11.3 Å². The number of aliphatic hydroxyl groups excluding tert-OH is 1. The van der Waals surface area contributed by atoms with Gasteiger partial charge in [-0.25, -0.2) is 9.37 Å². The Morgan fingerprint density at radius 3 is 2.77 bits per heavy atom. The summed E-state index contributed by atoms with van der Waals surface area (Å²) >= 11 is 0. The molecule has 2 rings (SSSR count). The van der Waals surface area contributed by atoms with Gasteiger partial charge in [0.15, 0.2) is 0 Å². The average molecular weight is 312 g/mol. The third-order valence-electron chi connectivity index (χ3n) is 4.29. The molecular weight excluding hydrogens is 287 g/mol. The summed E-state index contributed by atoms with van der Waals surface area (Å²) in [5, 5.41) is 10.2. The van der Waals surface area contributed by atoms with Crippen LogP contribution in [0.4, 0.5) is 4.39 Å². The molecule has 0 aliphatic carbocycles. The van der Waals surface area contributed by atoms with Crippen molar-refractivity contribution in [3.8, 4) is 0 Å². The Balaban J connectivity index is 1.88. The van der Waals surface area contributed by atoms with E-state index in [1.165, 1.54) is 6.20 Å². The SMILES string of the molecule is CN(C)C1CCN(C(=O)CC(O)c2nccn2CCF)CC1. The molecule has 0 spiro atoms. The predicted molar refractivity (Wildman–Crippen MR) is 81.1 cm³/mol. The van der Waals surface area contributed by atoms with Crippen LogP contribution in [0.5, 0.6) is 0 Å². The zero-order chi connectivity index (χ0) is 16.1. The van der Waals surface area contributed by atoms with E-state index in [9.17, 15) is 14.3 Å². The van der Waals surface area contributed by atoms with Crippen LogP contribution in [-0.4, -0.2) is 70.3 Å². The number of halogens is 1. The molecule has 0 radical (unpaired) electrons. The summed E-state index contributed by atoms with van der Waals surface area (Å²) in [6.07, 6.45) is 4.04. The van der Waals surface area contributed by atoms with Crippen LogP contribution in [0, 0.1) is 0 Å². The number of aromatic nitrogens is 2. The van der Waals surface area contributed by atoms with Gasteiger partial charge in [0.1, 0.15) is 18.6 Å². The molecule has 7 heteroatoms. The van der Waals surface area contributed by atoms with Crippen LogP contribution < -0.4 is 0 Å². The van der Waals surface area contributed by atoms with Gasteiger partial charge < -0.3 is 19.5 Å². The van der Waals surface area contributed by atoms with Crippen molar-refractivity contribution < 1.29 is 14.3 Å². The summed E-state index contributed by atoms with van der Waals surface area (Å²) in [4.78, 5) is 20.3. The molecule has 1 aliphatic heterocycles. The number of likely N-dealkylation sites (tertiary alicyclic amines) is 1. The molecule has 0 aromatic carbocycles. The first-order valence-electron chi connectivity index (χ1n) is 7.72. The summed E-state index contributed by atoms with van der Waals surface area (Å²) in [7, 11) is 4.10. The number of nitrogens with zero attached hydrogens (tertiary/aromatic N) is 4. The number of imidazole rings is 1. The molecule has 1 aliphatic rings. The predicted octanol–water partition coefficient (Wildman–Crippen LogP) is 0.829. The fraction of sp³-hybridized carbons (Fsp3) is 0.733.